The molecule has 2 N–H and O–H groups in total. The molecule has 0 saturated carbocycles. The summed E-state index contributed by atoms with van der Waals surface area (Å²) >= 11 is 0. The molecule has 0 aliphatic carbocycles. The Kier molecular flexibility index (Phi) is 1.88. The highest BCUT2D eigenvalue weighted by atomic mass is 16.5. The fourth-order valence-electron chi connectivity index (χ4n) is 1.10. The van der Waals surface area contributed by atoms with E-state index >= 15 is 0 Å². The van der Waals surface area contributed by atoms with Crippen LogP contribution < -0.4 is 5.73 Å². The van der Waals surface area contributed by atoms with Gasteiger partial charge in [-0.15, -0.1) is 0 Å². The molecule has 2 rings (SSSR count). The van der Waals surface area contributed by atoms with E-state index in [-0.39, 0.29) is 11.4 Å². The Bertz CT molecular complexity index is 483. The molecule has 2 aromatic heterocycles. The van der Waals surface area contributed by atoms with Crippen molar-refractivity contribution in [3.8, 4) is 17.4 Å². The average Bonchev–Trinajstić information content (AvgIpc) is 2.61. The largest absolute Gasteiger partial charge is 0.380 e. The third kappa shape index (κ3) is 1.19. The number of hydrogen-bond donors (Lipinski definition) is 1. The van der Waals surface area contributed by atoms with E-state index < -0.39 is 0 Å². The van der Waals surface area contributed by atoms with Gasteiger partial charge in [-0.2, -0.15) is 5.26 Å². The van der Waals surface area contributed by atoms with Crippen LogP contribution in [-0.2, 0) is 0 Å². The van der Waals surface area contributed by atoms with Crippen molar-refractivity contribution in [2.75, 3.05) is 5.73 Å². The van der Waals surface area contributed by atoms with Gasteiger partial charge in [-0.1, -0.05) is 5.16 Å². The molecule has 2 heterocycles. The molecular formula is C9H6N4O. The number of nitriles is 1. The second-order valence-electron chi connectivity index (χ2n) is 2.63. The molecule has 0 spiro atoms. The second-order valence-corrected chi connectivity index (χ2v) is 2.63. The van der Waals surface area contributed by atoms with E-state index in [0.29, 0.717) is 11.3 Å². The van der Waals surface area contributed by atoms with Crippen LogP contribution >= 0.6 is 0 Å². The van der Waals surface area contributed by atoms with Crippen molar-refractivity contribution in [3.05, 3.63) is 30.1 Å². The Hall–Kier alpha value is -2.35. The van der Waals surface area contributed by atoms with Crippen molar-refractivity contribution < 1.29 is 4.52 Å². The highest BCUT2D eigenvalue weighted by Crippen LogP contribution is 2.25. The smallest absolute Gasteiger partial charge is 0.188 e. The molecular weight excluding hydrogens is 180 g/mol. The van der Waals surface area contributed by atoms with Crippen molar-refractivity contribution in [2.45, 2.75) is 0 Å². The van der Waals surface area contributed by atoms with Gasteiger partial charge in [0, 0.05) is 18.0 Å². The van der Waals surface area contributed by atoms with E-state index in [2.05, 4.69) is 10.1 Å². The van der Waals surface area contributed by atoms with Gasteiger partial charge in [0.2, 0.25) is 0 Å². The third-order valence-corrected chi connectivity index (χ3v) is 1.75. The standard InChI is InChI=1S/C9H6N4O/c10-4-7-8(14-13-9(7)11)6-2-1-3-12-5-6/h1-3,5H,(H2,11,13). The van der Waals surface area contributed by atoms with Crippen LogP contribution in [0.1, 0.15) is 5.56 Å². The van der Waals surface area contributed by atoms with Crippen LogP contribution in [0.5, 0.6) is 0 Å². The first-order chi connectivity index (χ1) is 6.83. The maximum absolute atomic E-state index is 8.80. The van der Waals surface area contributed by atoms with E-state index in [1.807, 2.05) is 6.07 Å². The number of anilines is 1. The maximum Gasteiger partial charge on any atom is 0.188 e. The van der Waals surface area contributed by atoms with Crippen molar-refractivity contribution in [1.82, 2.24) is 10.1 Å². The average molecular weight is 186 g/mol. The summed E-state index contributed by atoms with van der Waals surface area (Å²) in [5.41, 5.74) is 6.38. The minimum atomic E-state index is 0.103. The first-order valence-corrected chi connectivity index (χ1v) is 3.88. The molecule has 5 heteroatoms. The van der Waals surface area contributed by atoms with E-state index in [1.165, 1.54) is 0 Å². The van der Waals surface area contributed by atoms with Gasteiger partial charge < -0.3 is 10.3 Å². The molecule has 0 unspecified atom stereocenters. The van der Waals surface area contributed by atoms with Gasteiger partial charge in [-0.3, -0.25) is 4.98 Å². The van der Waals surface area contributed by atoms with Crippen LogP contribution in [0, 0.1) is 11.3 Å². The highest BCUT2D eigenvalue weighted by molar-refractivity contribution is 5.69. The number of hydrogen-bond acceptors (Lipinski definition) is 5. The van der Waals surface area contributed by atoms with Crippen LogP contribution in [0.2, 0.25) is 0 Å². The molecule has 0 saturated heterocycles. The third-order valence-electron chi connectivity index (χ3n) is 1.75. The van der Waals surface area contributed by atoms with Crippen LogP contribution in [0.3, 0.4) is 0 Å². The fourth-order valence-corrected chi connectivity index (χ4v) is 1.10. The first kappa shape index (κ1) is 8.26. The highest BCUT2D eigenvalue weighted by Gasteiger charge is 2.14. The lowest BCUT2D eigenvalue weighted by atomic mass is 10.1. The zero-order chi connectivity index (χ0) is 9.97. The molecule has 0 radical (unpaired) electrons. The maximum atomic E-state index is 8.80. The van der Waals surface area contributed by atoms with Crippen molar-refractivity contribution in [1.29, 1.82) is 5.26 Å². The number of nitrogens with two attached hydrogens (primary N) is 1. The van der Waals surface area contributed by atoms with Crippen LogP contribution in [-0.4, -0.2) is 10.1 Å². The molecule has 0 fully saturated rings. The molecule has 0 aromatic carbocycles. The van der Waals surface area contributed by atoms with E-state index in [9.17, 15) is 0 Å². The minimum absolute atomic E-state index is 0.103. The summed E-state index contributed by atoms with van der Waals surface area (Å²) in [7, 11) is 0. The Morgan fingerprint density at radius 3 is 3.00 bits per heavy atom. The summed E-state index contributed by atoms with van der Waals surface area (Å²) in [5.74, 6) is 0.462. The second kappa shape index (κ2) is 3.18. The lowest BCUT2D eigenvalue weighted by molar-refractivity contribution is 0.435. The van der Waals surface area contributed by atoms with Crippen LogP contribution in [0.15, 0.2) is 29.0 Å². The van der Waals surface area contributed by atoms with Gasteiger partial charge in [0.25, 0.3) is 0 Å². The van der Waals surface area contributed by atoms with Gasteiger partial charge >= 0.3 is 0 Å². The predicted molar refractivity (Wildman–Crippen MR) is 48.9 cm³/mol. The molecule has 0 aliphatic heterocycles. The fraction of sp³-hybridized carbons (Fsp3) is 0. The summed E-state index contributed by atoms with van der Waals surface area (Å²) in [6, 6.07) is 5.45. The molecule has 0 bridgehead atoms. The predicted octanol–water partition coefficient (Wildman–Crippen LogP) is 1.19. The molecule has 14 heavy (non-hydrogen) atoms. The first-order valence-electron chi connectivity index (χ1n) is 3.88. The van der Waals surface area contributed by atoms with Gasteiger partial charge in [-0.05, 0) is 12.1 Å². The zero-order valence-electron chi connectivity index (χ0n) is 7.14. The van der Waals surface area contributed by atoms with Gasteiger partial charge in [-0.25, -0.2) is 0 Å². The Morgan fingerprint density at radius 2 is 2.36 bits per heavy atom. The number of nitrogen functional groups attached to an aromatic ring is 1. The normalized spacial score (nSPS) is 9.64. The number of rotatable bonds is 1. The molecule has 0 atom stereocenters. The summed E-state index contributed by atoms with van der Waals surface area (Å²) in [5, 5.41) is 12.3. The minimum Gasteiger partial charge on any atom is -0.380 e. The van der Waals surface area contributed by atoms with E-state index in [4.69, 9.17) is 15.5 Å². The molecule has 0 amide bonds. The lowest BCUT2D eigenvalue weighted by Gasteiger charge is -1.92. The summed E-state index contributed by atoms with van der Waals surface area (Å²) < 4.78 is 4.93. The van der Waals surface area contributed by atoms with Crippen molar-refractivity contribution in [3.63, 3.8) is 0 Å². The molecule has 2 aromatic rings. The molecule has 5 nitrogen and oxygen atoms in total. The monoisotopic (exact) mass is 186 g/mol. The Balaban J connectivity index is 2.59. The zero-order valence-corrected chi connectivity index (χ0v) is 7.14. The quantitative estimate of drug-likeness (QED) is 0.722. The van der Waals surface area contributed by atoms with Gasteiger partial charge in [0.1, 0.15) is 11.6 Å². The molecule has 0 aliphatic rings. The summed E-state index contributed by atoms with van der Waals surface area (Å²) in [6.07, 6.45) is 3.22. The van der Waals surface area contributed by atoms with E-state index in [0.717, 1.165) is 0 Å². The SMILES string of the molecule is N#Cc1c(N)noc1-c1cccnc1. The van der Waals surface area contributed by atoms with Crippen molar-refractivity contribution in [2.24, 2.45) is 0 Å². The van der Waals surface area contributed by atoms with Crippen LogP contribution in [0.4, 0.5) is 5.82 Å². The van der Waals surface area contributed by atoms with Gasteiger partial charge in [0.05, 0.1) is 0 Å². The topological polar surface area (TPSA) is 88.7 Å². The Labute approximate surface area is 79.8 Å². The Morgan fingerprint density at radius 1 is 1.50 bits per heavy atom. The van der Waals surface area contributed by atoms with Crippen LogP contribution in [0.25, 0.3) is 11.3 Å². The van der Waals surface area contributed by atoms with Gasteiger partial charge in [0.15, 0.2) is 11.6 Å². The summed E-state index contributed by atoms with van der Waals surface area (Å²) in [6.45, 7) is 0. The number of aromatic nitrogens is 2. The number of nitrogens with zero attached hydrogens (tertiary/aromatic N) is 3. The lowest BCUT2D eigenvalue weighted by Crippen LogP contribution is -1.87. The molecule has 68 valence electrons. The summed E-state index contributed by atoms with van der Waals surface area (Å²) in [4.78, 5) is 3.91. The van der Waals surface area contributed by atoms with Crippen molar-refractivity contribution >= 4 is 5.82 Å². The number of pyridine rings is 1. The van der Waals surface area contributed by atoms with E-state index in [1.54, 1.807) is 24.5 Å².